The van der Waals surface area contributed by atoms with Crippen LogP contribution in [0.3, 0.4) is 0 Å². The normalized spacial score (nSPS) is 11.2. The third kappa shape index (κ3) is 3.74. The summed E-state index contributed by atoms with van der Waals surface area (Å²) in [5.74, 6) is 0.494. The van der Waals surface area contributed by atoms with E-state index < -0.39 is 4.92 Å². The monoisotopic (exact) mass is 244 g/mol. The molecule has 86 valence electrons. The van der Waals surface area contributed by atoms with Crippen LogP contribution in [0.2, 0.25) is 0 Å². The lowest BCUT2D eigenvalue weighted by Gasteiger charge is -2.03. The van der Waals surface area contributed by atoms with Crippen LogP contribution in [-0.2, 0) is 0 Å². The highest BCUT2D eigenvalue weighted by molar-refractivity contribution is 6.65. The van der Waals surface area contributed by atoms with Crippen LogP contribution in [0.25, 0.3) is 0 Å². The molecule has 0 heterocycles. The SMILES string of the molecule is O=[N+]([O-])c1ccc(OCC/C(Cl)=N\O)cc1. The van der Waals surface area contributed by atoms with E-state index in [1.165, 1.54) is 24.3 Å². The summed E-state index contributed by atoms with van der Waals surface area (Å²) < 4.78 is 5.21. The second kappa shape index (κ2) is 5.92. The number of ether oxygens (including phenoxy) is 1. The molecular weight excluding hydrogens is 236 g/mol. The second-order valence-electron chi connectivity index (χ2n) is 2.83. The van der Waals surface area contributed by atoms with Gasteiger partial charge in [0.05, 0.1) is 11.5 Å². The van der Waals surface area contributed by atoms with Crippen LogP contribution in [-0.4, -0.2) is 21.9 Å². The molecule has 1 rings (SSSR count). The maximum absolute atomic E-state index is 10.4. The number of oxime groups is 1. The predicted molar refractivity (Wildman–Crippen MR) is 58.3 cm³/mol. The van der Waals surface area contributed by atoms with Crippen molar-refractivity contribution < 1.29 is 14.9 Å². The van der Waals surface area contributed by atoms with Crippen LogP contribution in [0.5, 0.6) is 5.75 Å². The van der Waals surface area contributed by atoms with E-state index in [1.54, 1.807) is 0 Å². The fourth-order valence-electron chi connectivity index (χ4n) is 0.967. The molecule has 16 heavy (non-hydrogen) atoms. The van der Waals surface area contributed by atoms with Crippen LogP contribution in [0.15, 0.2) is 29.4 Å². The van der Waals surface area contributed by atoms with Crippen molar-refractivity contribution in [1.82, 2.24) is 0 Å². The van der Waals surface area contributed by atoms with Gasteiger partial charge in [-0.3, -0.25) is 10.1 Å². The minimum atomic E-state index is -0.487. The van der Waals surface area contributed by atoms with E-state index in [0.717, 1.165) is 0 Å². The highest BCUT2D eigenvalue weighted by Crippen LogP contribution is 2.17. The minimum absolute atomic E-state index is 0.00213. The summed E-state index contributed by atoms with van der Waals surface area (Å²) in [5, 5.41) is 21.4. The van der Waals surface area contributed by atoms with Gasteiger partial charge in [-0.1, -0.05) is 16.8 Å². The Morgan fingerprint density at radius 1 is 1.50 bits per heavy atom. The first-order valence-corrected chi connectivity index (χ1v) is 4.75. The van der Waals surface area contributed by atoms with Crippen molar-refractivity contribution in [3.8, 4) is 5.75 Å². The van der Waals surface area contributed by atoms with Gasteiger partial charge in [0.15, 0.2) is 0 Å². The van der Waals surface area contributed by atoms with Crippen LogP contribution < -0.4 is 4.74 Å². The van der Waals surface area contributed by atoms with Crippen LogP contribution in [0.1, 0.15) is 6.42 Å². The zero-order valence-electron chi connectivity index (χ0n) is 8.17. The molecule has 0 atom stereocenters. The first kappa shape index (κ1) is 12.3. The fourth-order valence-corrected chi connectivity index (χ4v) is 1.04. The molecule has 6 nitrogen and oxygen atoms in total. The highest BCUT2D eigenvalue weighted by atomic mass is 35.5. The molecule has 0 aliphatic carbocycles. The van der Waals surface area contributed by atoms with E-state index in [1.807, 2.05) is 0 Å². The first-order chi connectivity index (χ1) is 7.63. The van der Waals surface area contributed by atoms with Crippen molar-refractivity contribution in [2.45, 2.75) is 6.42 Å². The van der Waals surface area contributed by atoms with Crippen molar-refractivity contribution in [2.24, 2.45) is 5.16 Å². The van der Waals surface area contributed by atoms with Crippen LogP contribution in [0.4, 0.5) is 5.69 Å². The number of hydrogen-bond acceptors (Lipinski definition) is 5. The van der Waals surface area contributed by atoms with Gasteiger partial charge >= 0.3 is 0 Å². The van der Waals surface area contributed by atoms with E-state index in [-0.39, 0.29) is 23.9 Å². The lowest BCUT2D eigenvalue weighted by molar-refractivity contribution is -0.384. The topological polar surface area (TPSA) is 85.0 Å². The molecule has 0 aromatic heterocycles. The number of non-ortho nitro benzene ring substituents is 1. The smallest absolute Gasteiger partial charge is 0.269 e. The molecule has 0 saturated carbocycles. The molecule has 0 saturated heterocycles. The zero-order valence-corrected chi connectivity index (χ0v) is 8.92. The number of rotatable bonds is 5. The molecule has 0 bridgehead atoms. The van der Waals surface area contributed by atoms with Gasteiger partial charge < -0.3 is 9.94 Å². The Balaban J connectivity index is 2.47. The van der Waals surface area contributed by atoms with E-state index in [4.69, 9.17) is 21.5 Å². The van der Waals surface area contributed by atoms with E-state index in [0.29, 0.717) is 5.75 Å². The summed E-state index contributed by atoms with van der Waals surface area (Å²) in [6.07, 6.45) is 0.273. The molecule has 0 aliphatic rings. The Morgan fingerprint density at radius 3 is 2.62 bits per heavy atom. The lowest BCUT2D eigenvalue weighted by Crippen LogP contribution is -2.01. The van der Waals surface area contributed by atoms with Gasteiger partial charge in [0.1, 0.15) is 10.9 Å². The van der Waals surface area contributed by atoms with Gasteiger partial charge in [-0.25, -0.2) is 0 Å². The predicted octanol–water partition coefficient (Wildman–Crippen LogP) is 2.39. The van der Waals surface area contributed by atoms with Gasteiger partial charge in [0.25, 0.3) is 5.69 Å². The van der Waals surface area contributed by atoms with Crippen LogP contribution in [0, 0.1) is 10.1 Å². The first-order valence-electron chi connectivity index (χ1n) is 4.37. The van der Waals surface area contributed by atoms with Gasteiger partial charge in [0, 0.05) is 18.6 Å². The number of nitro groups is 1. The van der Waals surface area contributed by atoms with Crippen molar-refractivity contribution in [2.75, 3.05) is 6.61 Å². The fraction of sp³-hybridized carbons (Fsp3) is 0.222. The summed E-state index contributed by atoms with van der Waals surface area (Å²) in [7, 11) is 0. The molecule has 0 radical (unpaired) electrons. The lowest BCUT2D eigenvalue weighted by atomic mass is 10.3. The quantitative estimate of drug-likeness (QED) is 0.373. The average molecular weight is 245 g/mol. The number of nitro benzene ring substituents is 1. The standard InChI is InChI=1S/C9H9ClN2O4/c10-9(11-13)5-6-16-8-3-1-7(2-4-8)12(14)15/h1-4,13H,5-6H2/b11-9+. The third-order valence-corrected chi connectivity index (χ3v) is 2.00. The van der Waals surface area contributed by atoms with E-state index >= 15 is 0 Å². The van der Waals surface area contributed by atoms with Crippen molar-refractivity contribution in [3.05, 3.63) is 34.4 Å². The molecule has 1 N–H and O–H groups in total. The Kier molecular flexibility index (Phi) is 4.53. The zero-order chi connectivity index (χ0) is 12.0. The molecule has 1 aromatic carbocycles. The maximum Gasteiger partial charge on any atom is 0.269 e. The molecule has 0 fully saturated rings. The summed E-state index contributed by atoms with van der Waals surface area (Å²) in [5.41, 5.74) is 0.00213. The summed E-state index contributed by atoms with van der Waals surface area (Å²) >= 11 is 5.43. The molecule has 0 aliphatic heterocycles. The second-order valence-corrected chi connectivity index (χ2v) is 3.26. The van der Waals surface area contributed by atoms with Gasteiger partial charge in [-0.15, -0.1) is 0 Å². The Labute approximate surface area is 96.2 Å². The number of hydrogen-bond donors (Lipinski definition) is 1. The van der Waals surface area contributed by atoms with Crippen molar-refractivity contribution >= 4 is 22.5 Å². The highest BCUT2D eigenvalue weighted by Gasteiger charge is 2.04. The van der Waals surface area contributed by atoms with Gasteiger partial charge in [-0.2, -0.15) is 0 Å². The molecule has 0 unspecified atom stereocenters. The molecule has 1 aromatic rings. The average Bonchev–Trinajstić information content (AvgIpc) is 2.29. The molecule has 0 amide bonds. The molecular formula is C9H9ClN2O4. The van der Waals surface area contributed by atoms with Crippen molar-refractivity contribution in [3.63, 3.8) is 0 Å². The number of benzene rings is 1. The number of halogens is 1. The van der Waals surface area contributed by atoms with Crippen LogP contribution >= 0.6 is 11.6 Å². The minimum Gasteiger partial charge on any atom is -0.493 e. The van der Waals surface area contributed by atoms with Gasteiger partial charge in [0.2, 0.25) is 0 Å². The Morgan fingerprint density at radius 2 is 2.12 bits per heavy atom. The number of nitrogens with zero attached hydrogens (tertiary/aromatic N) is 2. The third-order valence-electron chi connectivity index (χ3n) is 1.73. The Bertz CT molecular complexity index is 391. The molecule has 0 spiro atoms. The summed E-state index contributed by atoms with van der Waals surface area (Å²) in [6.45, 7) is 0.237. The largest absolute Gasteiger partial charge is 0.493 e. The van der Waals surface area contributed by atoms with Crippen molar-refractivity contribution in [1.29, 1.82) is 0 Å². The molecule has 7 heteroatoms. The van der Waals surface area contributed by atoms with Gasteiger partial charge in [-0.05, 0) is 12.1 Å². The van der Waals surface area contributed by atoms with E-state index in [9.17, 15) is 10.1 Å². The van der Waals surface area contributed by atoms with E-state index in [2.05, 4.69) is 5.16 Å². The summed E-state index contributed by atoms with van der Waals surface area (Å²) in [4.78, 5) is 9.87. The Hall–Kier alpha value is -1.82. The summed E-state index contributed by atoms with van der Waals surface area (Å²) in [6, 6.07) is 5.67. The maximum atomic E-state index is 10.4.